The van der Waals surface area contributed by atoms with Crippen LogP contribution in [0.1, 0.15) is 30.5 Å². The Bertz CT molecular complexity index is 798. The smallest absolute Gasteiger partial charge is 0.239 e. The van der Waals surface area contributed by atoms with Crippen LogP contribution in [0.4, 0.5) is 5.69 Å². The monoisotopic (exact) mass is 372 g/mol. The second-order valence-corrected chi connectivity index (χ2v) is 7.47. The fraction of sp³-hybridized carbons (Fsp3) is 0.333. The van der Waals surface area contributed by atoms with Crippen molar-refractivity contribution in [2.75, 3.05) is 11.9 Å². The van der Waals surface area contributed by atoms with Gasteiger partial charge in [0.1, 0.15) is 5.41 Å². The second-order valence-electron chi connectivity index (χ2n) is 7.03. The van der Waals surface area contributed by atoms with E-state index in [-0.39, 0.29) is 11.8 Å². The minimum Gasteiger partial charge on any atom is -0.355 e. The van der Waals surface area contributed by atoms with Gasteiger partial charge in [-0.2, -0.15) is 0 Å². The van der Waals surface area contributed by atoms with Crippen molar-refractivity contribution in [3.8, 4) is 0 Å². The van der Waals surface area contributed by atoms with Gasteiger partial charge < -0.3 is 10.6 Å². The van der Waals surface area contributed by atoms with Crippen LogP contribution in [0.5, 0.6) is 0 Å². The quantitative estimate of drug-likeness (QED) is 0.743. The number of aryl methyl sites for hydroxylation is 2. The SMILES string of the molecule is Cc1ccc(NC(=O)C(C)(C)C(=O)NCCc2ccc(Cl)cc2)c(C)c1. The summed E-state index contributed by atoms with van der Waals surface area (Å²) in [5, 5.41) is 6.38. The number of halogens is 1. The van der Waals surface area contributed by atoms with Gasteiger partial charge in [-0.1, -0.05) is 41.4 Å². The predicted molar refractivity (Wildman–Crippen MR) is 106 cm³/mol. The number of nitrogens with one attached hydrogen (secondary N) is 2. The first-order chi connectivity index (χ1) is 12.2. The van der Waals surface area contributed by atoms with Crippen molar-refractivity contribution in [2.45, 2.75) is 34.1 Å². The van der Waals surface area contributed by atoms with Crippen LogP contribution in [0, 0.1) is 19.3 Å². The number of anilines is 1. The number of amides is 2. The summed E-state index contributed by atoms with van der Waals surface area (Å²) in [6.45, 7) is 7.65. The molecule has 4 nitrogen and oxygen atoms in total. The summed E-state index contributed by atoms with van der Waals surface area (Å²) < 4.78 is 0. The molecule has 2 rings (SSSR count). The van der Waals surface area contributed by atoms with Gasteiger partial charge in [-0.05, 0) is 63.4 Å². The third-order valence-corrected chi connectivity index (χ3v) is 4.63. The zero-order chi connectivity index (χ0) is 19.3. The van der Waals surface area contributed by atoms with E-state index < -0.39 is 5.41 Å². The van der Waals surface area contributed by atoms with E-state index in [1.165, 1.54) is 0 Å². The fourth-order valence-corrected chi connectivity index (χ4v) is 2.65. The summed E-state index contributed by atoms with van der Waals surface area (Å²) in [6.07, 6.45) is 0.678. The molecule has 0 saturated heterocycles. The zero-order valence-electron chi connectivity index (χ0n) is 15.7. The largest absolute Gasteiger partial charge is 0.355 e. The lowest BCUT2D eigenvalue weighted by atomic mass is 9.90. The summed E-state index contributed by atoms with van der Waals surface area (Å²) >= 11 is 5.86. The van der Waals surface area contributed by atoms with Crippen molar-refractivity contribution in [1.82, 2.24) is 5.32 Å². The molecule has 0 spiro atoms. The number of carbonyl (C=O) groups is 2. The second kappa shape index (κ2) is 8.37. The normalized spacial score (nSPS) is 11.1. The molecule has 0 heterocycles. The Labute approximate surface area is 159 Å². The number of rotatable bonds is 6. The van der Waals surface area contributed by atoms with Gasteiger partial charge in [0.2, 0.25) is 11.8 Å². The van der Waals surface area contributed by atoms with E-state index in [1.54, 1.807) is 13.8 Å². The van der Waals surface area contributed by atoms with Crippen molar-refractivity contribution < 1.29 is 9.59 Å². The maximum absolute atomic E-state index is 12.6. The molecule has 2 N–H and O–H groups in total. The van der Waals surface area contributed by atoms with Crippen LogP contribution in [0.25, 0.3) is 0 Å². The Morgan fingerprint density at radius 1 is 1.00 bits per heavy atom. The topological polar surface area (TPSA) is 58.2 Å². The van der Waals surface area contributed by atoms with E-state index in [0.717, 1.165) is 22.4 Å². The van der Waals surface area contributed by atoms with Gasteiger partial charge >= 0.3 is 0 Å². The molecular formula is C21H25ClN2O2. The van der Waals surface area contributed by atoms with E-state index in [4.69, 9.17) is 11.6 Å². The standard InChI is InChI=1S/C21H25ClN2O2/c1-14-5-10-18(15(2)13-14)24-20(26)21(3,4)19(25)23-12-11-16-6-8-17(22)9-7-16/h5-10,13H,11-12H2,1-4H3,(H,23,25)(H,24,26). The highest BCUT2D eigenvalue weighted by Crippen LogP contribution is 2.22. The molecule has 0 radical (unpaired) electrons. The van der Waals surface area contributed by atoms with E-state index in [9.17, 15) is 9.59 Å². The molecule has 138 valence electrons. The van der Waals surface area contributed by atoms with Gasteiger partial charge in [0.25, 0.3) is 0 Å². The Morgan fingerprint density at radius 2 is 1.65 bits per heavy atom. The van der Waals surface area contributed by atoms with Crippen LogP contribution in [-0.2, 0) is 16.0 Å². The van der Waals surface area contributed by atoms with Crippen LogP contribution < -0.4 is 10.6 Å². The molecule has 26 heavy (non-hydrogen) atoms. The summed E-state index contributed by atoms with van der Waals surface area (Å²) in [6, 6.07) is 13.3. The minimum absolute atomic E-state index is 0.297. The van der Waals surface area contributed by atoms with Crippen molar-refractivity contribution in [2.24, 2.45) is 5.41 Å². The minimum atomic E-state index is -1.17. The lowest BCUT2D eigenvalue weighted by Crippen LogP contribution is -2.45. The molecule has 2 amide bonds. The van der Waals surface area contributed by atoms with Crippen molar-refractivity contribution in [3.05, 3.63) is 64.2 Å². The van der Waals surface area contributed by atoms with Crippen LogP contribution >= 0.6 is 11.6 Å². The van der Waals surface area contributed by atoms with Crippen molar-refractivity contribution in [1.29, 1.82) is 0 Å². The summed E-state index contributed by atoms with van der Waals surface area (Å²) in [7, 11) is 0. The molecule has 0 bridgehead atoms. The van der Waals surface area contributed by atoms with E-state index in [1.807, 2.05) is 56.3 Å². The van der Waals surface area contributed by atoms with Crippen LogP contribution in [0.2, 0.25) is 5.02 Å². The maximum atomic E-state index is 12.6. The molecule has 2 aromatic rings. The Morgan fingerprint density at radius 3 is 2.27 bits per heavy atom. The van der Waals surface area contributed by atoms with Crippen molar-refractivity contribution in [3.63, 3.8) is 0 Å². The molecular weight excluding hydrogens is 348 g/mol. The summed E-state index contributed by atoms with van der Waals surface area (Å²) in [4.78, 5) is 25.1. The highest BCUT2D eigenvalue weighted by Gasteiger charge is 2.36. The van der Waals surface area contributed by atoms with Crippen LogP contribution in [-0.4, -0.2) is 18.4 Å². The third kappa shape index (κ3) is 5.09. The molecule has 0 aliphatic carbocycles. The first kappa shape index (κ1) is 20.0. The molecule has 0 atom stereocenters. The summed E-state index contributed by atoms with van der Waals surface area (Å²) in [5.74, 6) is -0.623. The molecule has 2 aromatic carbocycles. The summed E-state index contributed by atoms with van der Waals surface area (Å²) in [5.41, 5.74) is 2.73. The molecule has 0 aromatic heterocycles. The van der Waals surface area contributed by atoms with Gasteiger partial charge in [0.05, 0.1) is 0 Å². The predicted octanol–water partition coefficient (Wildman–Crippen LogP) is 4.28. The highest BCUT2D eigenvalue weighted by atomic mass is 35.5. The molecule has 0 unspecified atom stereocenters. The average Bonchev–Trinajstić information content (AvgIpc) is 2.58. The molecule has 0 aliphatic rings. The average molecular weight is 373 g/mol. The zero-order valence-corrected chi connectivity index (χ0v) is 16.4. The molecule has 0 saturated carbocycles. The van der Waals surface area contributed by atoms with Crippen LogP contribution in [0.3, 0.4) is 0 Å². The van der Waals surface area contributed by atoms with Crippen molar-refractivity contribution >= 4 is 29.1 Å². The van der Waals surface area contributed by atoms with E-state index in [0.29, 0.717) is 18.0 Å². The highest BCUT2D eigenvalue weighted by molar-refractivity contribution is 6.30. The Hall–Kier alpha value is -2.33. The molecule has 0 fully saturated rings. The van der Waals surface area contributed by atoms with E-state index in [2.05, 4.69) is 10.6 Å². The Kier molecular flexibility index (Phi) is 6.43. The van der Waals surface area contributed by atoms with Crippen LogP contribution in [0.15, 0.2) is 42.5 Å². The Balaban J connectivity index is 1.93. The lowest BCUT2D eigenvalue weighted by Gasteiger charge is -2.23. The number of hydrogen-bond acceptors (Lipinski definition) is 2. The first-order valence-electron chi connectivity index (χ1n) is 8.61. The number of hydrogen-bond donors (Lipinski definition) is 2. The number of carbonyl (C=O) groups excluding carboxylic acids is 2. The number of benzene rings is 2. The molecule has 0 aliphatic heterocycles. The van der Waals surface area contributed by atoms with Gasteiger partial charge in [0, 0.05) is 17.3 Å². The fourth-order valence-electron chi connectivity index (χ4n) is 2.53. The maximum Gasteiger partial charge on any atom is 0.239 e. The van der Waals surface area contributed by atoms with Gasteiger partial charge in [-0.3, -0.25) is 9.59 Å². The van der Waals surface area contributed by atoms with E-state index >= 15 is 0 Å². The molecule has 5 heteroatoms. The third-order valence-electron chi connectivity index (χ3n) is 4.38. The van der Waals surface area contributed by atoms with Gasteiger partial charge in [-0.15, -0.1) is 0 Å². The lowest BCUT2D eigenvalue weighted by molar-refractivity contribution is -0.138. The first-order valence-corrected chi connectivity index (χ1v) is 8.99. The van der Waals surface area contributed by atoms with Gasteiger partial charge in [-0.25, -0.2) is 0 Å². The van der Waals surface area contributed by atoms with Gasteiger partial charge in [0.15, 0.2) is 0 Å².